The Bertz CT molecular complexity index is 933. The summed E-state index contributed by atoms with van der Waals surface area (Å²) < 4.78 is 0. The summed E-state index contributed by atoms with van der Waals surface area (Å²) in [5.74, 6) is -0.648. The van der Waals surface area contributed by atoms with Gasteiger partial charge < -0.3 is 20.6 Å². The van der Waals surface area contributed by atoms with Crippen molar-refractivity contribution in [3.8, 4) is 5.75 Å². The number of piperidine rings is 1. The van der Waals surface area contributed by atoms with E-state index in [-0.39, 0.29) is 29.4 Å². The molecule has 1 atom stereocenters. The van der Waals surface area contributed by atoms with Crippen LogP contribution in [0.1, 0.15) is 40.0 Å². The molecule has 0 aliphatic carbocycles. The predicted octanol–water partition coefficient (Wildman–Crippen LogP) is 2.83. The molecule has 1 heterocycles. The molecule has 2 aromatic carbocycles. The second-order valence-corrected chi connectivity index (χ2v) is 7.98. The van der Waals surface area contributed by atoms with Crippen molar-refractivity contribution in [2.45, 2.75) is 19.3 Å². The summed E-state index contributed by atoms with van der Waals surface area (Å²) in [5.41, 5.74) is 0.949. The lowest BCUT2D eigenvalue weighted by Crippen LogP contribution is -2.45. The van der Waals surface area contributed by atoms with Crippen LogP contribution in [0.2, 0.25) is 5.02 Å². The highest BCUT2D eigenvalue weighted by atomic mass is 35.5. The van der Waals surface area contributed by atoms with Crippen molar-refractivity contribution in [2.75, 3.05) is 26.2 Å². The number of phenolic OH excluding ortho intramolecular Hbond substituents is 1. The van der Waals surface area contributed by atoms with Gasteiger partial charge in [0.2, 0.25) is 5.91 Å². The molecule has 3 N–H and O–H groups in total. The Morgan fingerprint density at radius 3 is 2.52 bits per heavy atom. The summed E-state index contributed by atoms with van der Waals surface area (Å²) in [5, 5.41) is 15.7. The first-order valence-electron chi connectivity index (χ1n) is 10.3. The second-order valence-electron chi connectivity index (χ2n) is 7.55. The van der Waals surface area contributed by atoms with Gasteiger partial charge >= 0.3 is 0 Å². The van der Waals surface area contributed by atoms with Crippen LogP contribution in [0.4, 0.5) is 0 Å². The molecule has 0 aromatic heterocycles. The van der Waals surface area contributed by atoms with Gasteiger partial charge in [0, 0.05) is 42.3 Å². The van der Waals surface area contributed by atoms with Crippen LogP contribution in [-0.4, -0.2) is 53.9 Å². The summed E-state index contributed by atoms with van der Waals surface area (Å²) in [6, 6.07) is 12.9. The third-order valence-electron chi connectivity index (χ3n) is 5.22. The molecule has 8 heteroatoms. The van der Waals surface area contributed by atoms with Gasteiger partial charge in [-0.3, -0.25) is 14.4 Å². The van der Waals surface area contributed by atoms with Gasteiger partial charge in [-0.25, -0.2) is 0 Å². The average Bonchev–Trinajstić information content (AvgIpc) is 2.78. The van der Waals surface area contributed by atoms with Crippen molar-refractivity contribution in [1.29, 1.82) is 0 Å². The van der Waals surface area contributed by atoms with Gasteiger partial charge in [-0.15, -0.1) is 0 Å². The minimum Gasteiger partial charge on any atom is -0.508 e. The minimum absolute atomic E-state index is 0.0379. The van der Waals surface area contributed by atoms with Gasteiger partial charge in [0.25, 0.3) is 11.8 Å². The second kappa shape index (κ2) is 10.8. The standard InChI is InChI=1S/C23H26ClN3O4/c24-19-9-7-16(8-10-19)23(31)27-13-2-5-18(15-27)22(30)26-12-3-11-25-21(29)17-4-1-6-20(28)14-17/h1,4,6-10,14,18,28H,2-3,5,11-13,15H2,(H,25,29)(H,26,30). The average molecular weight is 444 g/mol. The van der Waals surface area contributed by atoms with E-state index in [1.54, 1.807) is 41.3 Å². The number of aromatic hydroxyl groups is 1. The molecule has 0 radical (unpaired) electrons. The fraction of sp³-hybridized carbons (Fsp3) is 0.348. The summed E-state index contributed by atoms with van der Waals surface area (Å²) in [6.45, 7) is 1.86. The molecular weight excluding hydrogens is 418 g/mol. The molecule has 1 aliphatic heterocycles. The lowest BCUT2D eigenvalue weighted by molar-refractivity contribution is -0.126. The van der Waals surface area contributed by atoms with Crippen LogP contribution in [0, 0.1) is 5.92 Å². The molecule has 2 aromatic rings. The number of benzene rings is 2. The Morgan fingerprint density at radius 2 is 1.77 bits per heavy atom. The number of likely N-dealkylation sites (tertiary alicyclic amines) is 1. The number of carbonyl (C=O) groups excluding carboxylic acids is 3. The maximum absolute atomic E-state index is 12.7. The number of hydrogen-bond acceptors (Lipinski definition) is 4. The van der Waals surface area contributed by atoms with E-state index in [1.165, 1.54) is 12.1 Å². The molecule has 7 nitrogen and oxygen atoms in total. The maximum atomic E-state index is 12.7. The van der Waals surface area contributed by atoms with E-state index in [4.69, 9.17) is 11.6 Å². The molecule has 3 rings (SSSR count). The lowest BCUT2D eigenvalue weighted by atomic mass is 9.96. The van der Waals surface area contributed by atoms with Gasteiger partial charge in [0.05, 0.1) is 5.92 Å². The van der Waals surface area contributed by atoms with Crippen molar-refractivity contribution in [1.82, 2.24) is 15.5 Å². The van der Waals surface area contributed by atoms with Crippen molar-refractivity contribution in [3.63, 3.8) is 0 Å². The quantitative estimate of drug-likeness (QED) is 0.573. The van der Waals surface area contributed by atoms with Crippen LogP contribution in [0.5, 0.6) is 5.75 Å². The molecule has 164 valence electrons. The highest BCUT2D eigenvalue weighted by Crippen LogP contribution is 2.20. The summed E-state index contributed by atoms with van der Waals surface area (Å²) in [7, 11) is 0. The number of carbonyl (C=O) groups is 3. The van der Waals surface area contributed by atoms with E-state index in [1.807, 2.05) is 0 Å². The number of nitrogens with one attached hydrogen (secondary N) is 2. The molecule has 1 unspecified atom stereocenters. The number of rotatable bonds is 7. The van der Waals surface area contributed by atoms with Gasteiger partial charge in [0.15, 0.2) is 0 Å². The van der Waals surface area contributed by atoms with E-state index >= 15 is 0 Å². The third kappa shape index (κ3) is 6.46. The van der Waals surface area contributed by atoms with Gasteiger partial charge in [-0.2, -0.15) is 0 Å². The SMILES string of the molecule is O=C(NCCCNC(=O)C1CCCN(C(=O)c2ccc(Cl)cc2)C1)c1cccc(O)c1. The third-order valence-corrected chi connectivity index (χ3v) is 5.47. The summed E-state index contributed by atoms with van der Waals surface area (Å²) in [6.07, 6.45) is 2.10. The highest BCUT2D eigenvalue weighted by molar-refractivity contribution is 6.30. The van der Waals surface area contributed by atoms with Gasteiger partial charge in [-0.1, -0.05) is 17.7 Å². The minimum atomic E-state index is -0.272. The monoisotopic (exact) mass is 443 g/mol. The zero-order valence-electron chi connectivity index (χ0n) is 17.1. The normalized spacial score (nSPS) is 15.9. The van der Waals surface area contributed by atoms with Crippen molar-refractivity contribution in [2.24, 2.45) is 5.92 Å². The first-order valence-corrected chi connectivity index (χ1v) is 10.7. The zero-order chi connectivity index (χ0) is 22.2. The van der Waals surface area contributed by atoms with Crippen LogP contribution >= 0.6 is 11.6 Å². The maximum Gasteiger partial charge on any atom is 0.253 e. The number of amides is 3. The topological polar surface area (TPSA) is 98.7 Å². The smallest absolute Gasteiger partial charge is 0.253 e. The molecule has 0 saturated carbocycles. The Labute approximate surface area is 186 Å². The lowest BCUT2D eigenvalue weighted by Gasteiger charge is -2.32. The first kappa shape index (κ1) is 22.6. The van der Waals surface area contributed by atoms with E-state index < -0.39 is 0 Å². The van der Waals surface area contributed by atoms with Crippen LogP contribution < -0.4 is 10.6 Å². The van der Waals surface area contributed by atoms with Crippen LogP contribution in [0.15, 0.2) is 48.5 Å². The van der Waals surface area contributed by atoms with Gasteiger partial charge in [0.1, 0.15) is 5.75 Å². The Kier molecular flexibility index (Phi) is 7.89. The molecule has 0 bridgehead atoms. The first-order chi connectivity index (χ1) is 14.9. The fourth-order valence-corrected chi connectivity index (χ4v) is 3.67. The zero-order valence-corrected chi connectivity index (χ0v) is 17.9. The van der Waals surface area contributed by atoms with Crippen molar-refractivity contribution in [3.05, 3.63) is 64.7 Å². The number of phenols is 1. The van der Waals surface area contributed by atoms with Crippen LogP contribution in [0.25, 0.3) is 0 Å². The fourth-order valence-electron chi connectivity index (χ4n) is 3.55. The largest absolute Gasteiger partial charge is 0.508 e. The number of halogens is 1. The Hall–Kier alpha value is -3.06. The summed E-state index contributed by atoms with van der Waals surface area (Å²) in [4.78, 5) is 38.9. The van der Waals surface area contributed by atoms with Crippen LogP contribution in [0.3, 0.4) is 0 Å². The van der Waals surface area contributed by atoms with E-state index in [2.05, 4.69) is 10.6 Å². The molecule has 1 saturated heterocycles. The van der Waals surface area contributed by atoms with E-state index in [0.29, 0.717) is 48.7 Å². The Morgan fingerprint density at radius 1 is 1.03 bits per heavy atom. The van der Waals surface area contributed by atoms with Crippen molar-refractivity contribution >= 4 is 29.3 Å². The number of nitrogens with zero attached hydrogens (tertiary/aromatic N) is 1. The number of hydrogen-bond donors (Lipinski definition) is 3. The molecule has 1 aliphatic rings. The molecule has 0 spiro atoms. The Balaban J connectivity index is 1.39. The van der Waals surface area contributed by atoms with Crippen molar-refractivity contribution < 1.29 is 19.5 Å². The van der Waals surface area contributed by atoms with E-state index in [0.717, 1.165) is 12.8 Å². The van der Waals surface area contributed by atoms with Gasteiger partial charge in [-0.05, 0) is 61.7 Å². The molecule has 1 fully saturated rings. The van der Waals surface area contributed by atoms with E-state index in [9.17, 15) is 19.5 Å². The van der Waals surface area contributed by atoms with Crippen LogP contribution in [-0.2, 0) is 4.79 Å². The molecular formula is C23H26ClN3O4. The predicted molar refractivity (Wildman–Crippen MR) is 118 cm³/mol. The molecule has 3 amide bonds. The highest BCUT2D eigenvalue weighted by Gasteiger charge is 2.28. The summed E-state index contributed by atoms with van der Waals surface area (Å²) >= 11 is 5.88. The molecule has 31 heavy (non-hydrogen) atoms.